The number of rotatable bonds is 5. The van der Waals surface area contributed by atoms with Crippen LogP contribution in [0.3, 0.4) is 0 Å². The predicted octanol–water partition coefficient (Wildman–Crippen LogP) is 5.19. The Labute approximate surface area is 215 Å². The number of fused-ring (bicyclic) bond motifs is 1. The Morgan fingerprint density at radius 2 is 1.86 bits per heavy atom. The van der Waals surface area contributed by atoms with Gasteiger partial charge in [-0.15, -0.1) is 0 Å². The topological polar surface area (TPSA) is 123 Å². The van der Waals surface area contributed by atoms with Crippen molar-refractivity contribution in [1.82, 2.24) is 4.98 Å². The number of hydrogen-bond donors (Lipinski definition) is 3. The van der Waals surface area contributed by atoms with Crippen LogP contribution in [-0.2, 0) is 17.6 Å². The van der Waals surface area contributed by atoms with Crippen LogP contribution in [0.25, 0.3) is 32.8 Å². The van der Waals surface area contributed by atoms with Crippen molar-refractivity contribution in [1.29, 1.82) is 0 Å². The molecular weight excluding hydrogens is 468 g/mol. The summed E-state index contributed by atoms with van der Waals surface area (Å²) in [6.07, 6.45) is 3.30. The molecule has 4 N–H and O–H groups in total. The van der Waals surface area contributed by atoms with E-state index < -0.39 is 17.5 Å². The lowest BCUT2D eigenvalue weighted by Gasteiger charge is -2.21. The van der Waals surface area contributed by atoms with Gasteiger partial charge in [0.2, 0.25) is 5.91 Å². The number of ether oxygens (including phenoxy) is 1. The zero-order chi connectivity index (χ0) is 26.9. The van der Waals surface area contributed by atoms with Gasteiger partial charge in [0.1, 0.15) is 5.75 Å². The maximum atomic E-state index is 11.7. The van der Waals surface area contributed by atoms with Gasteiger partial charge in [-0.25, -0.2) is 0 Å². The Morgan fingerprint density at radius 3 is 2.51 bits per heavy atom. The molecule has 0 spiro atoms. The fourth-order valence-electron chi connectivity index (χ4n) is 4.53. The molecule has 0 aliphatic carbocycles. The number of hydrogen-bond acceptors (Lipinski definition) is 5. The van der Waals surface area contributed by atoms with Crippen LogP contribution in [0.4, 0.5) is 0 Å². The summed E-state index contributed by atoms with van der Waals surface area (Å²) in [5.74, 6) is -0.617. The third kappa shape index (κ3) is 5.42. The van der Waals surface area contributed by atoms with Crippen LogP contribution in [0, 0.1) is 6.92 Å². The number of aliphatic hydroxyl groups is 1. The number of nitrogens with zero attached hydrogens (tertiary/aromatic N) is 1. The number of carboxylic acid groups (broad SMARTS) is 1. The maximum Gasteiger partial charge on any atom is 0.307 e. The van der Waals surface area contributed by atoms with Crippen LogP contribution in [-0.4, -0.2) is 39.3 Å². The Morgan fingerprint density at radius 1 is 1.14 bits per heavy atom. The minimum atomic E-state index is -0.906. The predicted molar refractivity (Wildman–Crippen MR) is 145 cm³/mol. The van der Waals surface area contributed by atoms with Gasteiger partial charge in [-0.1, -0.05) is 19.1 Å². The third-order valence-corrected chi connectivity index (χ3v) is 6.79. The zero-order valence-electron chi connectivity index (χ0n) is 21.6. The number of carboxylic acids is 1. The molecule has 5 rings (SSSR count). The Hall–Kier alpha value is -3.97. The van der Waals surface area contributed by atoms with Crippen molar-refractivity contribution in [3.8, 4) is 16.9 Å². The first-order valence-corrected chi connectivity index (χ1v) is 12.3. The van der Waals surface area contributed by atoms with Crippen LogP contribution in [0.5, 0.6) is 5.75 Å². The van der Waals surface area contributed by atoms with E-state index in [0.29, 0.717) is 12.2 Å². The fourth-order valence-corrected chi connectivity index (χ4v) is 4.53. The van der Waals surface area contributed by atoms with E-state index in [2.05, 4.69) is 4.98 Å². The molecule has 0 saturated carbocycles. The monoisotopic (exact) mass is 500 g/mol. The number of benzene rings is 3. The van der Waals surface area contributed by atoms with Crippen molar-refractivity contribution >= 4 is 33.6 Å². The van der Waals surface area contributed by atoms with Gasteiger partial charge >= 0.3 is 5.97 Å². The number of nitrogens with two attached hydrogens (primary N) is 1. The number of primary amides is 1. The molecule has 0 fully saturated rings. The van der Waals surface area contributed by atoms with E-state index in [-0.39, 0.29) is 6.42 Å². The van der Waals surface area contributed by atoms with Crippen LogP contribution >= 0.6 is 0 Å². The molecule has 4 aromatic rings. The molecule has 3 aromatic carbocycles. The summed E-state index contributed by atoms with van der Waals surface area (Å²) in [7, 11) is 0. The Kier molecular flexibility index (Phi) is 7.18. The van der Waals surface area contributed by atoms with E-state index in [1.165, 1.54) is 5.56 Å². The summed E-state index contributed by atoms with van der Waals surface area (Å²) in [6, 6.07) is 13.0. The summed E-state index contributed by atoms with van der Waals surface area (Å²) in [4.78, 5) is 28.1. The summed E-state index contributed by atoms with van der Waals surface area (Å²) < 4.78 is 5.85. The molecular formula is C30H32N2O5. The summed E-state index contributed by atoms with van der Waals surface area (Å²) in [5, 5.41) is 21.1. The van der Waals surface area contributed by atoms with Crippen molar-refractivity contribution in [2.45, 2.75) is 52.6 Å². The second-order valence-electron chi connectivity index (χ2n) is 9.99. The second kappa shape index (κ2) is 10.2. The van der Waals surface area contributed by atoms with Gasteiger partial charge in [0, 0.05) is 29.1 Å². The Bertz CT molecular complexity index is 1510. The average molecular weight is 501 g/mol. The molecule has 0 unspecified atom stereocenters. The molecule has 2 heterocycles. The van der Waals surface area contributed by atoms with Crippen LogP contribution in [0.2, 0.25) is 0 Å². The number of carbonyl (C=O) groups excluding carboxylic acids is 1. The number of aryl methyl sites for hydroxylation is 1. The number of pyridine rings is 1. The average Bonchev–Trinajstić information content (AvgIpc) is 2.85. The molecule has 1 amide bonds. The van der Waals surface area contributed by atoms with Gasteiger partial charge in [-0.2, -0.15) is 0 Å². The van der Waals surface area contributed by atoms with Crippen molar-refractivity contribution in [3.05, 3.63) is 70.9 Å². The van der Waals surface area contributed by atoms with Crippen LogP contribution in [0.15, 0.2) is 48.7 Å². The van der Waals surface area contributed by atoms with Crippen molar-refractivity contribution in [2.75, 3.05) is 6.61 Å². The molecule has 192 valence electrons. The highest BCUT2D eigenvalue weighted by molar-refractivity contribution is 6.09. The second-order valence-corrected chi connectivity index (χ2v) is 9.99. The SMILES string of the molecule is CCC(C)(C)O.Cc1cc2cc(C(N)=O)ccc2c(-c2ccc3c4c(ccnc24)CCO3)c1CC(=O)O. The first-order chi connectivity index (χ1) is 17.5. The first-order valence-electron chi connectivity index (χ1n) is 12.3. The van der Waals surface area contributed by atoms with E-state index in [1.54, 1.807) is 32.2 Å². The molecule has 7 heteroatoms. The lowest BCUT2D eigenvalue weighted by Crippen LogP contribution is -2.15. The number of aliphatic carboxylic acids is 1. The summed E-state index contributed by atoms with van der Waals surface area (Å²) >= 11 is 0. The van der Waals surface area contributed by atoms with E-state index in [1.807, 2.05) is 44.2 Å². The van der Waals surface area contributed by atoms with E-state index in [0.717, 1.165) is 62.5 Å². The highest BCUT2D eigenvalue weighted by Crippen LogP contribution is 2.42. The fraction of sp³-hybridized carbons (Fsp3) is 0.300. The van der Waals surface area contributed by atoms with Gasteiger partial charge < -0.3 is 20.7 Å². The molecule has 1 aromatic heterocycles. The molecule has 1 aliphatic heterocycles. The minimum absolute atomic E-state index is 0.117. The molecule has 1 aliphatic rings. The molecule has 0 radical (unpaired) electrons. The summed E-state index contributed by atoms with van der Waals surface area (Å²) in [5.41, 5.74) is 10.6. The smallest absolute Gasteiger partial charge is 0.307 e. The van der Waals surface area contributed by atoms with Gasteiger partial charge in [-0.3, -0.25) is 14.6 Å². The molecule has 0 bridgehead atoms. The van der Waals surface area contributed by atoms with Crippen LogP contribution in [0.1, 0.15) is 54.2 Å². The van der Waals surface area contributed by atoms with E-state index in [4.69, 9.17) is 15.6 Å². The highest BCUT2D eigenvalue weighted by Gasteiger charge is 2.22. The van der Waals surface area contributed by atoms with Crippen LogP contribution < -0.4 is 10.5 Å². The van der Waals surface area contributed by atoms with Crippen molar-refractivity contribution < 1.29 is 24.5 Å². The van der Waals surface area contributed by atoms with Crippen molar-refractivity contribution in [3.63, 3.8) is 0 Å². The molecule has 7 nitrogen and oxygen atoms in total. The molecule has 0 saturated heterocycles. The minimum Gasteiger partial charge on any atom is -0.493 e. The van der Waals surface area contributed by atoms with Gasteiger partial charge in [0.15, 0.2) is 0 Å². The summed E-state index contributed by atoms with van der Waals surface area (Å²) in [6.45, 7) is 8.07. The third-order valence-electron chi connectivity index (χ3n) is 6.79. The normalized spacial score (nSPS) is 12.6. The van der Waals surface area contributed by atoms with E-state index in [9.17, 15) is 14.7 Å². The van der Waals surface area contributed by atoms with Gasteiger partial charge in [-0.05, 0) is 90.6 Å². The number of carbonyl (C=O) groups is 2. The molecule has 0 atom stereocenters. The van der Waals surface area contributed by atoms with Gasteiger partial charge in [0.25, 0.3) is 0 Å². The number of aromatic nitrogens is 1. The number of amides is 1. The largest absolute Gasteiger partial charge is 0.493 e. The van der Waals surface area contributed by atoms with Crippen molar-refractivity contribution in [2.24, 2.45) is 5.73 Å². The van der Waals surface area contributed by atoms with Gasteiger partial charge in [0.05, 0.1) is 24.1 Å². The quantitative estimate of drug-likeness (QED) is 0.346. The van der Waals surface area contributed by atoms with E-state index >= 15 is 0 Å². The molecule has 37 heavy (non-hydrogen) atoms. The Balaban J connectivity index is 0.000000480. The standard InChI is InChI=1S/C25H20N2O4.C5H12O/c1-13-10-16-11-15(25(26)30)2-3-17(16)23(19(13)12-21(28)29)18-4-5-20-22-14(7-9-31-20)6-8-27-24(18)22;1-4-5(2,3)6/h2-6,8,10-11H,7,9,12H2,1H3,(H2,26,30)(H,28,29);6H,4H2,1-3H3. The first kappa shape index (κ1) is 26.1. The highest BCUT2D eigenvalue weighted by atomic mass is 16.5. The lowest BCUT2D eigenvalue weighted by molar-refractivity contribution is -0.136. The zero-order valence-corrected chi connectivity index (χ0v) is 21.6. The lowest BCUT2D eigenvalue weighted by atomic mass is 9.86. The maximum absolute atomic E-state index is 11.7.